The molecular weight excluding hydrogens is 309 g/mol. The van der Waals surface area contributed by atoms with Crippen molar-refractivity contribution in [1.29, 1.82) is 0 Å². The molecule has 0 saturated carbocycles. The van der Waals surface area contributed by atoms with E-state index >= 15 is 0 Å². The lowest BCUT2D eigenvalue weighted by molar-refractivity contribution is -0.137. The van der Waals surface area contributed by atoms with E-state index in [1.54, 1.807) is 6.92 Å². The maximum atomic E-state index is 12.8. The van der Waals surface area contributed by atoms with Gasteiger partial charge in [0.25, 0.3) is 0 Å². The molecule has 3 N–H and O–H groups in total. The minimum Gasteiger partial charge on any atom is -0.370 e. The fourth-order valence-electron chi connectivity index (χ4n) is 1.47. The molecule has 10 heteroatoms. The molecule has 0 amide bonds. The quantitative estimate of drug-likeness (QED) is 0.707. The highest BCUT2D eigenvalue weighted by atomic mass is 32.2. The summed E-state index contributed by atoms with van der Waals surface area (Å²) in [6.07, 6.45) is -4.50. The summed E-state index contributed by atoms with van der Waals surface area (Å²) in [4.78, 5) is 3.94. The number of hydrogen-bond acceptors (Lipinski definition) is 5. The van der Waals surface area contributed by atoms with Gasteiger partial charge in [0.15, 0.2) is 0 Å². The molecule has 0 spiro atoms. The van der Waals surface area contributed by atoms with Gasteiger partial charge in [-0.15, -0.1) is 0 Å². The Morgan fingerprint density at radius 3 is 2.24 bits per heavy atom. The molecule has 0 fully saturated rings. The molecule has 0 aliphatic rings. The Morgan fingerprint density at radius 1 is 1.19 bits per heavy atom. The third-order valence-electron chi connectivity index (χ3n) is 2.50. The van der Waals surface area contributed by atoms with Crippen LogP contribution in [0, 0.1) is 0 Å². The molecule has 0 atom stereocenters. The number of pyridine rings is 1. The van der Waals surface area contributed by atoms with E-state index in [0.29, 0.717) is 6.54 Å². The van der Waals surface area contributed by atoms with Crippen molar-refractivity contribution in [2.24, 2.45) is 0 Å². The molecule has 0 saturated heterocycles. The molecule has 21 heavy (non-hydrogen) atoms. The van der Waals surface area contributed by atoms with Crippen molar-refractivity contribution in [3.63, 3.8) is 0 Å². The Kier molecular flexibility index (Phi) is 5.78. The zero-order valence-corrected chi connectivity index (χ0v) is 12.4. The van der Waals surface area contributed by atoms with Gasteiger partial charge in [-0.05, 0) is 26.1 Å². The highest BCUT2D eigenvalue weighted by Crippen LogP contribution is 2.31. The highest BCUT2D eigenvalue weighted by Gasteiger charge is 2.31. The smallest absolute Gasteiger partial charge is 0.370 e. The third-order valence-corrected chi connectivity index (χ3v) is 3.86. The van der Waals surface area contributed by atoms with Gasteiger partial charge in [0.05, 0.1) is 11.3 Å². The normalized spacial score (nSPS) is 12.2. The molecule has 6 nitrogen and oxygen atoms in total. The van der Waals surface area contributed by atoms with Crippen LogP contribution in [0.3, 0.4) is 0 Å². The summed E-state index contributed by atoms with van der Waals surface area (Å²) in [7, 11) is -2.16. The Labute approximate surface area is 121 Å². The van der Waals surface area contributed by atoms with Crippen LogP contribution < -0.4 is 15.4 Å². The van der Waals surface area contributed by atoms with Crippen LogP contribution in [0.5, 0.6) is 0 Å². The van der Waals surface area contributed by atoms with Gasteiger partial charge in [0.2, 0.25) is 10.0 Å². The van der Waals surface area contributed by atoms with E-state index in [9.17, 15) is 21.6 Å². The summed E-state index contributed by atoms with van der Waals surface area (Å²) < 4.78 is 62.9. The fourth-order valence-corrected chi connectivity index (χ4v) is 2.05. The lowest BCUT2D eigenvalue weighted by atomic mass is 10.2. The summed E-state index contributed by atoms with van der Waals surface area (Å²) in [5.74, 6) is -0.226. The molecule has 1 heterocycles. The van der Waals surface area contributed by atoms with E-state index in [4.69, 9.17) is 0 Å². The van der Waals surface area contributed by atoms with Crippen molar-refractivity contribution in [2.75, 3.05) is 36.5 Å². The Balaban J connectivity index is 2.88. The molecule has 1 aromatic heterocycles. The number of alkyl halides is 3. The van der Waals surface area contributed by atoms with Crippen molar-refractivity contribution >= 4 is 21.7 Å². The standard InChI is InChI=1S/C11H17F3N4O2S/c1-3-16-9-6-8(11(12,13)14)7-10(18-9)17-4-5-21(19,20)15-2/h6-7,15H,3-5H2,1-2H3,(H2,16,17,18). The van der Waals surface area contributed by atoms with E-state index < -0.39 is 21.8 Å². The first-order valence-corrected chi connectivity index (χ1v) is 7.81. The zero-order valence-electron chi connectivity index (χ0n) is 11.6. The molecule has 0 radical (unpaired) electrons. The largest absolute Gasteiger partial charge is 0.416 e. The number of nitrogens with one attached hydrogen (secondary N) is 3. The lowest BCUT2D eigenvalue weighted by Crippen LogP contribution is -2.26. The average Bonchev–Trinajstić information content (AvgIpc) is 2.38. The topological polar surface area (TPSA) is 83.1 Å². The van der Waals surface area contributed by atoms with Gasteiger partial charge >= 0.3 is 6.18 Å². The summed E-state index contributed by atoms with van der Waals surface area (Å²) in [5, 5.41) is 5.27. The number of hydrogen-bond donors (Lipinski definition) is 3. The maximum absolute atomic E-state index is 12.8. The molecule has 0 unspecified atom stereocenters. The number of aromatic nitrogens is 1. The molecular formula is C11H17F3N4O2S. The Bertz CT molecular complexity index is 575. The van der Waals surface area contributed by atoms with Gasteiger partial charge in [-0.2, -0.15) is 13.2 Å². The predicted molar refractivity (Wildman–Crippen MR) is 74.7 cm³/mol. The SMILES string of the molecule is CCNc1cc(C(F)(F)F)cc(NCCS(=O)(=O)NC)n1. The first-order chi connectivity index (χ1) is 9.68. The van der Waals surface area contributed by atoms with Crippen molar-refractivity contribution in [3.8, 4) is 0 Å². The third kappa shape index (κ3) is 5.76. The first-order valence-electron chi connectivity index (χ1n) is 6.16. The van der Waals surface area contributed by atoms with E-state index in [-0.39, 0.29) is 23.9 Å². The van der Waals surface area contributed by atoms with Crippen molar-refractivity contribution < 1.29 is 21.6 Å². The lowest BCUT2D eigenvalue weighted by Gasteiger charge is -2.13. The second kappa shape index (κ2) is 6.94. The number of sulfonamides is 1. The zero-order chi connectivity index (χ0) is 16.1. The predicted octanol–water partition coefficient (Wildman–Crippen LogP) is 1.49. The molecule has 0 aliphatic carbocycles. The summed E-state index contributed by atoms with van der Waals surface area (Å²) >= 11 is 0. The van der Waals surface area contributed by atoms with Crippen molar-refractivity contribution in [3.05, 3.63) is 17.7 Å². The van der Waals surface area contributed by atoms with Crippen LogP contribution in [0.4, 0.5) is 24.8 Å². The second-order valence-corrected chi connectivity index (χ2v) is 6.15. The molecule has 0 bridgehead atoms. The molecule has 1 aromatic rings. The second-order valence-electron chi connectivity index (χ2n) is 4.10. The van der Waals surface area contributed by atoms with E-state index in [1.165, 1.54) is 7.05 Å². The monoisotopic (exact) mass is 326 g/mol. The van der Waals surface area contributed by atoms with Crippen LogP contribution in [0.1, 0.15) is 12.5 Å². The average molecular weight is 326 g/mol. The summed E-state index contributed by atoms with van der Waals surface area (Å²) in [5.41, 5.74) is -0.854. The summed E-state index contributed by atoms with van der Waals surface area (Å²) in [6.45, 7) is 2.10. The van der Waals surface area contributed by atoms with Gasteiger partial charge in [-0.1, -0.05) is 0 Å². The summed E-state index contributed by atoms with van der Waals surface area (Å²) in [6, 6.07) is 1.74. The van der Waals surface area contributed by atoms with Crippen LogP contribution in [0.25, 0.3) is 0 Å². The van der Waals surface area contributed by atoms with Crippen LogP contribution in [0.15, 0.2) is 12.1 Å². The van der Waals surface area contributed by atoms with Gasteiger partial charge in [-0.25, -0.2) is 18.1 Å². The van der Waals surface area contributed by atoms with Crippen LogP contribution >= 0.6 is 0 Å². The Morgan fingerprint density at radius 2 is 1.76 bits per heavy atom. The first kappa shape index (κ1) is 17.5. The van der Waals surface area contributed by atoms with Gasteiger partial charge in [0.1, 0.15) is 11.6 Å². The van der Waals surface area contributed by atoms with E-state index in [0.717, 1.165) is 12.1 Å². The number of rotatable bonds is 7. The van der Waals surface area contributed by atoms with E-state index in [2.05, 4.69) is 20.3 Å². The maximum Gasteiger partial charge on any atom is 0.416 e. The van der Waals surface area contributed by atoms with Crippen molar-refractivity contribution in [2.45, 2.75) is 13.1 Å². The molecule has 1 rings (SSSR count). The minimum absolute atomic E-state index is 0.0351. The van der Waals surface area contributed by atoms with Crippen LogP contribution in [0.2, 0.25) is 0 Å². The highest BCUT2D eigenvalue weighted by molar-refractivity contribution is 7.89. The number of nitrogens with zero attached hydrogens (tertiary/aromatic N) is 1. The van der Waals surface area contributed by atoms with Gasteiger partial charge < -0.3 is 10.6 Å². The van der Waals surface area contributed by atoms with Gasteiger partial charge in [0, 0.05) is 13.1 Å². The molecule has 120 valence electrons. The van der Waals surface area contributed by atoms with E-state index in [1.807, 2.05) is 0 Å². The van der Waals surface area contributed by atoms with Gasteiger partial charge in [-0.3, -0.25) is 0 Å². The minimum atomic E-state index is -4.50. The molecule has 0 aliphatic heterocycles. The fraction of sp³-hybridized carbons (Fsp3) is 0.545. The van der Waals surface area contributed by atoms with Crippen LogP contribution in [-0.2, 0) is 16.2 Å². The number of halogens is 3. The van der Waals surface area contributed by atoms with Crippen molar-refractivity contribution in [1.82, 2.24) is 9.71 Å². The van der Waals surface area contributed by atoms with Crippen LogP contribution in [-0.4, -0.2) is 39.3 Å². The Hall–Kier alpha value is -1.55. The molecule has 0 aromatic carbocycles. The number of anilines is 2.